The van der Waals surface area contributed by atoms with Gasteiger partial charge in [0.1, 0.15) is 5.75 Å². The van der Waals surface area contributed by atoms with E-state index in [-0.39, 0.29) is 35.1 Å². The second-order valence-electron chi connectivity index (χ2n) is 11.8. The molecule has 2 saturated heterocycles. The first-order chi connectivity index (χ1) is 21.0. The average molecular weight is 651 g/mol. The van der Waals surface area contributed by atoms with Crippen LogP contribution in [-0.2, 0) is 19.2 Å². The Kier molecular flexibility index (Phi) is 6.63. The van der Waals surface area contributed by atoms with Crippen molar-refractivity contribution in [1.29, 1.82) is 0 Å². The van der Waals surface area contributed by atoms with Crippen LogP contribution in [0.5, 0.6) is 5.75 Å². The molecule has 7 rings (SSSR count). The number of imide groups is 2. The topological polar surface area (TPSA) is 107 Å². The normalized spacial score (nSPS) is 31.0. The molecule has 4 amide bonds. The number of para-hydroxylation sites is 1. The Labute approximate surface area is 268 Å². The summed E-state index contributed by atoms with van der Waals surface area (Å²) in [5.41, 5.74) is 2.91. The number of anilines is 3. The highest BCUT2D eigenvalue weighted by molar-refractivity contribution is 6.53. The first-order valence-electron chi connectivity index (χ1n) is 14.2. The van der Waals surface area contributed by atoms with Gasteiger partial charge in [0.15, 0.2) is 9.75 Å². The molecule has 3 fully saturated rings. The third kappa shape index (κ3) is 3.90. The molecule has 2 heterocycles. The van der Waals surface area contributed by atoms with Crippen LogP contribution in [0.1, 0.15) is 24.3 Å². The van der Waals surface area contributed by atoms with E-state index in [2.05, 4.69) is 5.32 Å². The fraction of sp³-hybridized carbons (Fsp3) is 0.273. The summed E-state index contributed by atoms with van der Waals surface area (Å²) in [5, 5.41) is 14.5. The molecule has 2 aliphatic heterocycles. The first kappa shape index (κ1) is 28.9. The van der Waals surface area contributed by atoms with Gasteiger partial charge in [-0.3, -0.25) is 29.0 Å². The van der Waals surface area contributed by atoms with Crippen LogP contribution in [0.3, 0.4) is 0 Å². The molecule has 0 bridgehead atoms. The Bertz CT molecular complexity index is 1780. The van der Waals surface area contributed by atoms with E-state index in [0.29, 0.717) is 11.3 Å². The number of halogens is 3. The van der Waals surface area contributed by atoms with Crippen molar-refractivity contribution in [3.8, 4) is 5.75 Å². The van der Waals surface area contributed by atoms with Gasteiger partial charge in [-0.05, 0) is 73.4 Å². The quantitative estimate of drug-likeness (QED) is 0.204. The predicted octanol–water partition coefficient (Wildman–Crippen LogP) is 5.98. The van der Waals surface area contributed by atoms with Crippen molar-refractivity contribution in [2.75, 3.05) is 17.3 Å². The summed E-state index contributed by atoms with van der Waals surface area (Å²) in [6.45, 7) is 0. The maximum Gasteiger partial charge on any atom is 0.253 e. The van der Waals surface area contributed by atoms with Gasteiger partial charge in [0.05, 0.1) is 17.5 Å². The molecule has 11 heteroatoms. The van der Waals surface area contributed by atoms with Crippen molar-refractivity contribution in [3.05, 3.63) is 95.0 Å². The van der Waals surface area contributed by atoms with E-state index in [4.69, 9.17) is 34.8 Å². The van der Waals surface area contributed by atoms with Crippen LogP contribution in [0.15, 0.2) is 84.4 Å². The number of hydrogen-bond acceptors (Lipinski definition) is 6. The van der Waals surface area contributed by atoms with E-state index in [1.165, 1.54) is 30.1 Å². The highest BCUT2D eigenvalue weighted by Crippen LogP contribution is 2.66. The van der Waals surface area contributed by atoms with E-state index in [0.717, 1.165) is 16.3 Å². The molecule has 0 spiro atoms. The molecule has 1 saturated carbocycles. The summed E-state index contributed by atoms with van der Waals surface area (Å²) >= 11 is 20.6. The van der Waals surface area contributed by atoms with Gasteiger partial charge < -0.3 is 10.4 Å². The number of benzene rings is 3. The van der Waals surface area contributed by atoms with Crippen LogP contribution < -0.4 is 10.2 Å². The SMILES string of the molecule is CN1C(=O)[C@]2(Cl)C[C@@H]3C(=CC[C@@H]4C(=O)N(c5ccc(Nc6ccccc6)cc5)C(=O)[C@@H]43)[C@H](c3cc(Cl)ccc3O)[C@]2(Cl)C1=O. The predicted molar refractivity (Wildman–Crippen MR) is 167 cm³/mol. The Morgan fingerprint density at radius 2 is 1.55 bits per heavy atom. The molecule has 44 heavy (non-hydrogen) atoms. The highest BCUT2D eigenvalue weighted by Gasteiger charge is 2.76. The number of phenolic OH excluding ortho intramolecular Hbond substituents is 1. The average Bonchev–Trinajstić information content (AvgIpc) is 3.34. The van der Waals surface area contributed by atoms with Gasteiger partial charge in [-0.2, -0.15) is 0 Å². The van der Waals surface area contributed by atoms with Crippen molar-refractivity contribution < 1.29 is 24.3 Å². The molecular weight excluding hydrogens is 625 g/mol. The Balaban J connectivity index is 1.28. The van der Waals surface area contributed by atoms with E-state index in [9.17, 15) is 24.3 Å². The van der Waals surface area contributed by atoms with Gasteiger partial charge in [-0.1, -0.05) is 41.4 Å². The molecule has 2 aliphatic carbocycles. The number of likely N-dealkylation sites (tertiary alicyclic amines) is 1. The standard InChI is InChI=1S/C33H26Cl3N3O5/c1-38-30(43)32(35)16-24-21(27(33(32,36)31(38)44)23-15-17(34)7-14-25(23)40)12-13-22-26(24)29(42)39(28(22)41)20-10-8-19(9-11-20)37-18-5-3-2-4-6-18/h2-12,14-15,22,24,26-27,37,40H,13,16H2,1H3/t22-,24+,26-,27+,32+,33-/m0/s1. The zero-order chi connectivity index (χ0) is 31.1. The fourth-order valence-corrected chi connectivity index (χ4v) is 8.67. The second-order valence-corrected chi connectivity index (χ2v) is 13.4. The number of allylic oxidation sites excluding steroid dienone is 2. The smallest absolute Gasteiger partial charge is 0.253 e. The number of phenols is 1. The van der Waals surface area contributed by atoms with E-state index < -0.39 is 51.1 Å². The minimum Gasteiger partial charge on any atom is -0.508 e. The van der Waals surface area contributed by atoms with Crippen LogP contribution in [0.2, 0.25) is 5.02 Å². The van der Waals surface area contributed by atoms with E-state index in [1.807, 2.05) is 36.4 Å². The van der Waals surface area contributed by atoms with Gasteiger partial charge in [0.2, 0.25) is 11.8 Å². The molecule has 0 radical (unpaired) electrons. The Morgan fingerprint density at radius 3 is 2.25 bits per heavy atom. The summed E-state index contributed by atoms with van der Waals surface area (Å²) in [6, 6.07) is 21.0. The lowest BCUT2D eigenvalue weighted by atomic mass is 9.56. The number of aromatic hydroxyl groups is 1. The van der Waals surface area contributed by atoms with Crippen LogP contribution in [-0.4, -0.2) is 50.4 Å². The second kappa shape index (κ2) is 10.1. The molecule has 0 unspecified atom stereocenters. The Morgan fingerprint density at radius 1 is 0.864 bits per heavy atom. The van der Waals surface area contributed by atoms with Gasteiger partial charge in [0.25, 0.3) is 11.8 Å². The maximum atomic E-state index is 14.2. The minimum absolute atomic E-state index is 0.134. The number of carbonyl (C=O) groups excluding carboxylic acids is 4. The van der Waals surface area contributed by atoms with E-state index in [1.54, 1.807) is 24.3 Å². The van der Waals surface area contributed by atoms with Crippen molar-refractivity contribution in [3.63, 3.8) is 0 Å². The monoisotopic (exact) mass is 649 g/mol. The van der Waals surface area contributed by atoms with Gasteiger partial charge in [-0.25, -0.2) is 0 Å². The lowest BCUT2D eigenvalue weighted by molar-refractivity contribution is -0.138. The largest absolute Gasteiger partial charge is 0.508 e. The zero-order valence-corrected chi connectivity index (χ0v) is 25.6. The number of carbonyl (C=O) groups is 4. The molecular formula is C33H26Cl3N3O5. The summed E-state index contributed by atoms with van der Waals surface area (Å²) in [4.78, 5) is 53.4. The number of nitrogens with zero attached hydrogens (tertiary/aromatic N) is 2. The third-order valence-electron chi connectivity index (χ3n) is 9.50. The molecule has 4 aliphatic rings. The van der Waals surface area contributed by atoms with Gasteiger partial charge >= 0.3 is 0 Å². The number of fused-ring (bicyclic) bond motifs is 4. The lowest BCUT2D eigenvalue weighted by Crippen LogP contribution is -2.60. The molecule has 2 N–H and O–H groups in total. The molecule has 3 aromatic carbocycles. The van der Waals surface area contributed by atoms with Crippen molar-refractivity contribution in [2.45, 2.75) is 28.5 Å². The summed E-state index contributed by atoms with van der Waals surface area (Å²) in [6.07, 6.45) is 1.89. The summed E-state index contributed by atoms with van der Waals surface area (Å²) in [7, 11) is 1.31. The summed E-state index contributed by atoms with van der Waals surface area (Å²) < 4.78 is 0. The molecule has 8 nitrogen and oxygen atoms in total. The molecule has 0 aromatic heterocycles. The molecule has 224 valence electrons. The van der Waals surface area contributed by atoms with Crippen LogP contribution in [0.25, 0.3) is 0 Å². The number of amides is 4. The molecule has 3 aromatic rings. The highest BCUT2D eigenvalue weighted by atomic mass is 35.5. The summed E-state index contributed by atoms with van der Waals surface area (Å²) in [5.74, 6) is -5.67. The van der Waals surface area contributed by atoms with Crippen molar-refractivity contribution >= 4 is 75.5 Å². The lowest BCUT2D eigenvalue weighted by Gasteiger charge is -2.50. The number of alkyl halides is 2. The van der Waals surface area contributed by atoms with Gasteiger partial charge in [-0.15, -0.1) is 23.2 Å². The number of nitrogens with one attached hydrogen (secondary N) is 1. The van der Waals surface area contributed by atoms with Crippen molar-refractivity contribution in [2.24, 2.45) is 17.8 Å². The van der Waals surface area contributed by atoms with Gasteiger partial charge in [0, 0.05) is 34.9 Å². The maximum absolute atomic E-state index is 14.2. The fourth-order valence-electron chi connectivity index (χ4n) is 7.48. The third-order valence-corrected chi connectivity index (χ3v) is 11.2. The van der Waals surface area contributed by atoms with Crippen LogP contribution >= 0.6 is 34.8 Å². The molecule has 6 atom stereocenters. The minimum atomic E-state index is -2.00. The number of hydrogen-bond donors (Lipinski definition) is 2. The van der Waals surface area contributed by atoms with Crippen LogP contribution in [0, 0.1) is 17.8 Å². The first-order valence-corrected chi connectivity index (χ1v) is 15.3. The van der Waals surface area contributed by atoms with E-state index >= 15 is 0 Å². The zero-order valence-electron chi connectivity index (χ0n) is 23.3. The van der Waals surface area contributed by atoms with Crippen molar-refractivity contribution in [1.82, 2.24) is 4.90 Å². The number of rotatable bonds is 4. The Hall–Kier alpha value is -3.85. The van der Waals surface area contributed by atoms with Crippen LogP contribution in [0.4, 0.5) is 17.1 Å².